The second-order valence-corrected chi connectivity index (χ2v) is 5.24. The van der Waals surface area contributed by atoms with Crippen molar-refractivity contribution in [3.8, 4) is 11.1 Å². The normalized spacial score (nSPS) is 10.9. The van der Waals surface area contributed by atoms with E-state index < -0.39 is 0 Å². The lowest BCUT2D eigenvalue weighted by molar-refractivity contribution is 0.831. The predicted molar refractivity (Wildman–Crippen MR) is 77.8 cm³/mol. The van der Waals surface area contributed by atoms with Crippen molar-refractivity contribution in [3.05, 3.63) is 52.9 Å². The fourth-order valence-electron chi connectivity index (χ4n) is 2.04. The molecule has 1 N–H and O–H groups in total. The summed E-state index contributed by atoms with van der Waals surface area (Å²) < 4.78 is 0. The highest BCUT2D eigenvalue weighted by Gasteiger charge is 2.03. The zero-order valence-electron chi connectivity index (χ0n) is 10.2. The molecule has 0 aliphatic heterocycles. The van der Waals surface area contributed by atoms with Crippen LogP contribution in [0.4, 0.5) is 0 Å². The van der Waals surface area contributed by atoms with E-state index in [-0.39, 0.29) is 0 Å². The molecule has 0 spiro atoms. The lowest BCUT2D eigenvalue weighted by atomic mass is 10.1. The summed E-state index contributed by atoms with van der Waals surface area (Å²) in [5.41, 5.74) is 3.56. The van der Waals surface area contributed by atoms with Gasteiger partial charge in [0.1, 0.15) is 0 Å². The fraction of sp³-hybridized carbons (Fsp3) is 0.133. The summed E-state index contributed by atoms with van der Waals surface area (Å²) in [7, 11) is 1.97. The minimum absolute atomic E-state index is 0.927. The predicted octanol–water partition coefficient (Wildman–Crippen LogP) is 3.68. The van der Waals surface area contributed by atoms with Gasteiger partial charge in [0.25, 0.3) is 0 Å². The Labute approximate surface area is 110 Å². The number of hydrogen-bond acceptors (Lipinski definition) is 3. The average molecular weight is 254 g/mol. The highest BCUT2D eigenvalue weighted by atomic mass is 32.1. The van der Waals surface area contributed by atoms with Crippen LogP contribution < -0.4 is 5.32 Å². The van der Waals surface area contributed by atoms with Gasteiger partial charge < -0.3 is 5.32 Å². The number of benzene rings is 1. The number of fused-ring (bicyclic) bond motifs is 1. The van der Waals surface area contributed by atoms with Crippen molar-refractivity contribution in [1.82, 2.24) is 10.3 Å². The molecule has 1 aromatic carbocycles. The number of thiophene rings is 1. The van der Waals surface area contributed by atoms with E-state index >= 15 is 0 Å². The first-order chi connectivity index (χ1) is 8.86. The number of nitrogens with one attached hydrogen (secondary N) is 1. The summed E-state index contributed by atoms with van der Waals surface area (Å²) in [6, 6.07) is 12.7. The van der Waals surface area contributed by atoms with Crippen LogP contribution in [0.1, 0.15) is 4.88 Å². The maximum atomic E-state index is 4.40. The molecule has 2 nitrogen and oxygen atoms in total. The molecule has 2 aromatic heterocycles. The van der Waals surface area contributed by atoms with Crippen LogP contribution in [0.15, 0.2) is 48.0 Å². The van der Waals surface area contributed by atoms with Gasteiger partial charge in [-0.1, -0.05) is 18.2 Å². The Hall–Kier alpha value is -1.71. The van der Waals surface area contributed by atoms with Crippen LogP contribution in [0.25, 0.3) is 22.0 Å². The van der Waals surface area contributed by atoms with Gasteiger partial charge in [0.05, 0.1) is 5.52 Å². The maximum absolute atomic E-state index is 4.40. The molecule has 0 unspecified atom stereocenters. The van der Waals surface area contributed by atoms with Crippen LogP contribution in [0.2, 0.25) is 0 Å². The Bertz CT molecular complexity index is 673. The van der Waals surface area contributed by atoms with E-state index in [9.17, 15) is 0 Å². The van der Waals surface area contributed by atoms with Gasteiger partial charge in [0.15, 0.2) is 0 Å². The first-order valence-electron chi connectivity index (χ1n) is 5.94. The largest absolute Gasteiger partial charge is 0.315 e. The highest BCUT2D eigenvalue weighted by Crippen LogP contribution is 2.27. The third kappa shape index (κ3) is 2.15. The Kier molecular flexibility index (Phi) is 3.09. The molecule has 0 aliphatic carbocycles. The monoisotopic (exact) mass is 254 g/mol. The Morgan fingerprint density at radius 2 is 2.11 bits per heavy atom. The number of aromatic nitrogens is 1. The van der Waals surface area contributed by atoms with E-state index in [2.05, 4.69) is 46.0 Å². The lowest BCUT2D eigenvalue weighted by Gasteiger charge is -2.00. The standard InChI is InChI=1S/C15H14N2S/c1-16-9-14-7-13(10-18-14)12-5-4-11-3-2-6-17-15(11)8-12/h2-8,10,16H,9H2,1H3. The van der Waals surface area contributed by atoms with Gasteiger partial charge in [0.2, 0.25) is 0 Å². The molecule has 3 heteroatoms. The number of rotatable bonds is 3. The van der Waals surface area contributed by atoms with Gasteiger partial charge >= 0.3 is 0 Å². The van der Waals surface area contributed by atoms with Crippen LogP contribution in [-0.2, 0) is 6.54 Å². The van der Waals surface area contributed by atoms with Crippen molar-refractivity contribution in [3.63, 3.8) is 0 Å². The molecule has 0 bridgehead atoms. The SMILES string of the molecule is CNCc1cc(-c2ccc3cccnc3c2)cs1. The van der Waals surface area contributed by atoms with Crippen molar-refractivity contribution in [1.29, 1.82) is 0 Å². The minimum Gasteiger partial charge on any atom is -0.315 e. The van der Waals surface area contributed by atoms with Crippen LogP contribution in [0.3, 0.4) is 0 Å². The first-order valence-corrected chi connectivity index (χ1v) is 6.82. The molecule has 0 amide bonds. The van der Waals surface area contributed by atoms with E-state index in [0.717, 1.165) is 12.1 Å². The minimum atomic E-state index is 0.927. The molecule has 0 saturated heterocycles. The molecule has 3 aromatic rings. The molecule has 0 atom stereocenters. The number of nitrogens with zero attached hydrogens (tertiary/aromatic N) is 1. The van der Waals surface area contributed by atoms with Gasteiger partial charge in [-0.25, -0.2) is 0 Å². The molecular formula is C15H14N2S. The first kappa shape index (κ1) is 11.4. The summed E-state index contributed by atoms with van der Waals surface area (Å²) in [6.45, 7) is 0.927. The topological polar surface area (TPSA) is 24.9 Å². The van der Waals surface area contributed by atoms with Crippen molar-refractivity contribution in [2.24, 2.45) is 0 Å². The van der Waals surface area contributed by atoms with Gasteiger partial charge in [-0.15, -0.1) is 11.3 Å². The van der Waals surface area contributed by atoms with Gasteiger partial charge in [0, 0.05) is 23.0 Å². The van der Waals surface area contributed by atoms with Crippen molar-refractivity contribution >= 4 is 22.2 Å². The summed E-state index contributed by atoms with van der Waals surface area (Å²) in [5, 5.41) is 6.57. The van der Waals surface area contributed by atoms with E-state index in [0.29, 0.717) is 0 Å². The zero-order chi connectivity index (χ0) is 12.4. The van der Waals surface area contributed by atoms with Gasteiger partial charge in [-0.3, -0.25) is 4.98 Å². The molecule has 3 rings (SSSR count). The van der Waals surface area contributed by atoms with Gasteiger partial charge in [-0.05, 0) is 41.8 Å². The molecule has 90 valence electrons. The molecule has 0 saturated carbocycles. The molecule has 2 heterocycles. The van der Waals surface area contributed by atoms with Crippen molar-refractivity contribution in [2.75, 3.05) is 7.05 Å². The number of hydrogen-bond donors (Lipinski definition) is 1. The van der Waals surface area contributed by atoms with Crippen LogP contribution in [0.5, 0.6) is 0 Å². The molecule has 0 aliphatic rings. The molecular weight excluding hydrogens is 240 g/mol. The van der Waals surface area contributed by atoms with Crippen LogP contribution in [-0.4, -0.2) is 12.0 Å². The van der Waals surface area contributed by atoms with E-state index in [1.807, 2.05) is 19.3 Å². The summed E-state index contributed by atoms with van der Waals surface area (Å²) in [6.07, 6.45) is 1.84. The summed E-state index contributed by atoms with van der Waals surface area (Å²) >= 11 is 1.79. The van der Waals surface area contributed by atoms with Crippen LogP contribution >= 0.6 is 11.3 Å². The van der Waals surface area contributed by atoms with Gasteiger partial charge in [-0.2, -0.15) is 0 Å². The Morgan fingerprint density at radius 1 is 1.17 bits per heavy atom. The summed E-state index contributed by atoms with van der Waals surface area (Å²) in [4.78, 5) is 5.76. The van der Waals surface area contributed by atoms with Crippen molar-refractivity contribution < 1.29 is 0 Å². The van der Waals surface area contributed by atoms with E-state index in [1.165, 1.54) is 21.4 Å². The van der Waals surface area contributed by atoms with E-state index in [1.54, 1.807) is 11.3 Å². The molecule has 0 radical (unpaired) electrons. The zero-order valence-corrected chi connectivity index (χ0v) is 11.0. The maximum Gasteiger partial charge on any atom is 0.0708 e. The Morgan fingerprint density at radius 3 is 3.00 bits per heavy atom. The number of pyridine rings is 1. The second-order valence-electron chi connectivity index (χ2n) is 4.24. The molecule has 18 heavy (non-hydrogen) atoms. The average Bonchev–Trinajstić information content (AvgIpc) is 2.87. The third-order valence-electron chi connectivity index (χ3n) is 2.94. The van der Waals surface area contributed by atoms with Crippen LogP contribution in [0, 0.1) is 0 Å². The Balaban J connectivity index is 2.02. The molecule has 0 fully saturated rings. The third-order valence-corrected chi connectivity index (χ3v) is 3.88. The fourth-order valence-corrected chi connectivity index (χ4v) is 2.95. The quantitative estimate of drug-likeness (QED) is 0.771. The highest BCUT2D eigenvalue weighted by molar-refractivity contribution is 7.10. The smallest absolute Gasteiger partial charge is 0.0708 e. The van der Waals surface area contributed by atoms with E-state index in [4.69, 9.17) is 0 Å². The summed E-state index contributed by atoms with van der Waals surface area (Å²) in [5.74, 6) is 0. The lowest BCUT2D eigenvalue weighted by Crippen LogP contribution is -2.02. The van der Waals surface area contributed by atoms with Crippen molar-refractivity contribution in [2.45, 2.75) is 6.54 Å². The second kappa shape index (κ2) is 4.88.